The van der Waals surface area contributed by atoms with Gasteiger partial charge in [0.25, 0.3) is 0 Å². The molecule has 0 spiro atoms. The van der Waals surface area contributed by atoms with Crippen LogP contribution < -0.4 is 10.5 Å². The van der Waals surface area contributed by atoms with Crippen LogP contribution in [0.15, 0.2) is 48.7 Å². The second-order valence-corrected chi connectivity index (χ2v) is 4.20. The second kappa shape index (κ2) is 5.92. The SMILES string of the molecule is NC(COc1ccnc(C(F)(F)F)c1)c1ccccc1. The zero-order valence-corrected chi connectivity index (χ0v) is 10.5. The summed E-state index contributed by atoms with van der Waals surface area (Å²) in [4.78, 5) is 3.26. The summed E-state index contributed by atoms with van der Waals surface area (Å²) in [6, 6.07) is 11.0. The Bertz CT molecular complexity index is 558. The van der Waals surface area contributed by atoms with E-state index in [-0.39, 0.29) is 12.4 Å². The normalized spacial score (nSPS) is 13.0. The van der Waals surface area contributed by atoms with Crippen molar-refractivity contribution in [3.63, 3.8) is 0 Å². The number of alkyl halides is 3. The summed E-state index contributed by atoms with van der Waals surface area (Å²) < 4.78 is 42.8. The van der Waals surface area contributed by atoms with Gasteiger partial charge in [0.05, 0.1) is 6.04 Å². The third-order valence-corrected chi connectivity index (χ3v) is 2.68. The van der Waals surface area contributed by atoms with Crippen molar-refractivity contribution < 1.29 is 17.9 Å². The molecule has 1 aromatic heterocycles. The summed E-state index contributed by atoms with van der Waals surface area (Å²) in [5.74, 6) is 0.0960. The topological polar surface area (TPSA) is 48.1 Å². The summed E-state index contributed by atoms with van der Waals surface area (Å²) in [7, 11) is 0. The molecule has 3 nitrogen and oxygen atoms in total. The van der Waals surface area contributed by atoms with Gasteiger partial charge in [0.15, 0.2) is 0 Å². The highest BCUT2D eigenvalue weighted by Gasteiger charge is 2.32. The maximum atomic E-state index is 12.5. The number of hydrogen-bond donors (Lipinski definition) is 1. The Kier molecular flexibility index (Phi) is 4.24. The van der Waals surface area contributed by atoms with E-state index < -0.39 is 17.9 Å². The summed E-state index contributed by atoms with van der Waals surface area (Å²) in [6.07, 6.45) is -3.42. The second-order valence-electron chi connectivity index (χ2n) is 4.20. The third-order valence-electron chi connectivity index (χ3n) is 2.68. The molecule has 1 atom stereocenters. The van der Waals surface area contributed by atoms with Crippen LogP contribution in [0.25, 0.3) is 0 Å². The fraction of sp³-hybridized carbons (Fsp3) is 0.214. The molecule has 0 saturated heterocycles. The van der Waals surface area contributed by atoms with Gasteiger partial charge in [-0.2, -0.15) is 13.2 Å². The van der Waals surface area contributed by atoms with Crippen molar-refractivity contribution >= 4 is 0 Å². The van der Waals surface area contributed by atoms with Crippen LogP contribution in [0.2, 0.25) is 0 Å². The molecule has 2 N–H and O–H groups in total. The minimum absolute atomic E-state index is 0.0886. The van der Waals surface area contributed by atoms with Crippen molar-refractivity contribution in [2.75, 3.05) is 6.61 Å². The molecule has 0 fully saturated rings. The van der Waals surface area contributed by atoms with Crippen molar-refractivity contribution in [3.05, 3.63) is 59.9 Å². The van der Waals surface area contributed by atoms with E-state index in [1.54, 1.807) is 0 Å². The van der Waals surface area contributed by atoms with Gasteiger partial charge in [-0.15, -0.1) is 0 Å². The van der Waals surface area contributed by atoms with E-state index in [9.17, 15) is 13.2 Å². The van der Waals surface area contributed by atoms with Crippen LogP contribution in [0.3, 0.4) is 0 Å². The first-order valence-corrected chi connectivity index (χ1v) is 5.93. The summed E-state index contributed by atoms with van der Waals surface area (Å²) in [5, 5.41) is 0. The smallest absolute Gasteiger partial charge is 0.433 e. The predicted octanol–water partition coefficient (Wildman–Crippen LogP) is 3.18. The van der Waals surface area contributed by atoms with Gasteiger partial charge in [-0.25, -0.2) is 0 Å². The molecule has 2 rings (SSSR count). The molecular weight excluding hydrogens is 269 g/mol. The molecule has 0 aliphatic rings. The lowest BCUT2D eigenvalue weighted by Crippen LogP contribution is -2.19. The fourth-order valence-electron chi connectivity index (χ4n) is 1.64. The Morgan fingerprint density at radius 2 is 1.85 bits per heavy atom. The van der Waals surface area contributed by atoms with E-state index in [1.807, 2.05) is 30.3 Å². The van der Waals surface area contributed by atoms with Crippen LogP contribution >= 0.6 is 0 Å². The molecule has 106 valence electrons. The number of pyridine rings is 1. The summed E-state index contributed by atoms with van der Waals surface area (Å²) >= 11 is 0. The lowest BCUT2D eigenvalue weighted by atomic mass is 10.1. The highest BCUT2D eigenvalue weighted by Crippen LogP contribution is 2.29. The Balaban J connectivity index is 2.01. The van der Waals surface area contributed by atoms with Gasteiger partial charge in [-0.05, 0) is 11.6 Å². The van der Waals surface area contributed by atoms with E-state index in [0.29, 0.717) is 0 Å². The summed E-state index contributed by atoms with van der Waals surface area (Å²) in [5.41, 5.74) is 5.78. The lowest BCUT2D eigenvalue weighted by Gasteiger charge is -2.14. The van der Waals surface area contributed by atoms with Gasteiger partial charge in [0.2, 0.25) is 0 Å². The Morgan fingerprint density at radius 1 is 1.15 bits per heavy atom. The number of benzene rings is 1. The lowest BCUT2D eigenvalue weighted by molar-refractivity contribution is -0.141. The zero-order chi connectivity index (χ0) is 14.6. The number of ether oxygens (including phenoxy) is 1. The van der Waals surface area contributed by atoms with Crippen LogP contribution in [0.4, 0.5) is 13.2 Å². The Labute approximate surface area is 114 Å². The molecule has 1 unspecified atom stereocenters. The van der Waals surface area contributed by atoms with E-state index in [0.717, 1.165) is 17.8 Å². The number of rotatable bonds is 4. The van der Waals surface area contributed by atoms with Crippen LogP contribution in [-0.2, 0) is 6.18 Å². The van der Waals surface area contributed by atoms with E-state index in [1.165, 1.54) is 6.07 Å². The van der Waals surface area contributed by atoms with Gasteiger partial charge in [0, 0.05) is 12.3 Å². The quantitative estimate of drug-likeness (QED) is 0.937. The number of hydrogen-bond acceptors (Lipinski definition) is 3. The maximum absolute atomic E-state index is 12.5. The largest absolute Gasteiger partial charge is 0.491 e. The first-order valence-electron chi connectivity index (χ1n) is 5.93. The van der Waals surface area contributed by atoms with Gasteiger partial charge >= 0.3 is 6.18 Å². The number of nitrogens with zero attached hydrogens (tertiary/aromatic N) is 1. The van der Waals surface area contributed by atoms with Crippen molar-refractivity contribution in [1.82, 2.24) is 4.98 Å². The number of nitrogens with two attached hydrogens (primary N) is 1. The zero-order valence-electron chi connectivity index (χ0n) is 10.5. The Morgan fingerprint density at radius 3 is 2.50 bits per heavy atom. The van der Waals surface area contributed by atoms with E-state index in [4.69, 9.17) is 10.5 Å². The van der Waals surface area contributed by atoms with Crippen molar-refractivity contribution in [3.8, 4) is 5.75 Å². The number of halogens is 3. The average molecular weight is 282 g/mol. The van der Waals surface area contributed by atoms with E-state index >= 15 is 0 Å². The molecule has 0 saturated carbocycles. The van der Waals surface area contributed by atoms with Crippen molar-refractivity contribution in [1.29, 1.82) is 0 Å². The van der Waals surface area contributed by atoms with Crippen LogP contribution in [0, 0.1) is 0 Å². The summed E-state index contributed by atoms with van der Waals surface area (Å²) in [6.45, 7) is 0.0886. The molecular formula is C14H13F3N2O. The van der Waals surface area contributed by atoms with Crippen molar-refractivity contribution in [2.45, 2.75) is 12.2 Å². The molecule has 20 heavy (non-hydrogen) atoms. The number of aromatic nitrogens is 1. The molecule has 2 aromatic rings. The molecule has 0 amide bonds. The van der Waals surface area contributed by atoms with E-state index in [2.05, 4.69) is 4.98 Å². The molecule has 0 radical (unpaired) electrons. The van der Waals surface area contributed by atoms with Crippen LogP contribution in [0.5, 0.6) is 5.75 Å². The molecule has 6 heteroatoms. The van der Waals surface area contributed by atoms with Crippen molar-refractivity contribution in [2.24, 2.45) is 5.73 Å². The first-order chi connectivity index (χ1) is 9.47. The monoisotopic (exact) mass is 282 g/mol. The fourth-order valence-corrected chi connectivity index (χ4v) is 1.64. The van der Waals surface area contributed by atoms with Gasteiger partial charge in [-0.3, -0.25) is 4.98 Å². The molecule has 1 heterocycles. The predicted molar refractivity (Wildman–Crippen MR) is 68.1 cm³/mol. The molecule has 0 aliphatic carbocycles. The van der Waals surface area contributed by atoms with Gasteiger partial charge < -0.3 is 10.5 Å². The maximum Gasteiger partial charge on any atom is 0.433 e. The molecule has 0 aliphatic heterocycles. The minimum Gasteiger partial charge on any atom is -0.491 e. The minimum atomic E-state index is -4.49. The first kappa shape index (κ1) is 14.3. The third kappa shape index (κ3) is 3.71. The molecule has 1 aromatic carbocycles. The van der Waals surface area contributed by atoms with Gasteiger partial charge in [-0.1, -0.05) is 30.3 Å². The molecule has 0 bridgehead atoms. The highest BCUT2D eigenvalue weighted by molar-refractivity contribution is 5.25. The van der Waals surface area contributed by atoms with Crippen LogP contribution in [-0.4, -0.2) is 11.6 Å². The average Bonchev–Trinajstić information content (AvgIpc) is 2.45. The standard InChI is InChI=1S/C14H13F3N2O/c15-14(16,17)13-8-11(6-7-19-13)20-9-12(18)10-4-2-1-3-5-10/h1-8,12H,9,18H2. The van der Waals surface area contributed by atoms with Gasteiger partial charge in [0.1, 0.15) is 18.1 Å². The Hall–Kier alpha value is -2.08. The van der Waals surface area contributed by atoms with Crippen LogP contribution in [0.1, 0.15) is 17.3 Å². The highest BCUT2D eigenvalue weighted by atomic mass is 19.4.